The number of likely N-dealkylation sites (N-methyl/N-ethyl adjacent to an activating group) is 2. The third-order valence-corrected chi connectivity index (χ3v) is 4.45. The summed E-state index contributed by atoms with van der Waals surface area (Å²) in [7, 11) is 4.30. The molecule has 2 N–H and O–H groups in total. The van der Waals surface area contributed by atoms with Gasteiger partial charge in [0.05, 0.1) is 0 Å². The summed E-state index contributed by atoms with van der Waals surface area (Å²) in [4.78, 5) is 4.70. The molecule has 1 aliphatic rings. The molecule has 4 heteroatoms. The van der Waals surface area contributed by atoms with Crippen LogP contribution in [0.5, 0.6) is 0 Å². The van der Waals surface area contributed by atoms with Crippen LogP contribution in [0.4, 0.5) is 0 Å². The van der Waals surface area contributed by atoms with E-state index < -0.39 is 0 Å². The number of hydrogen-bond donors (Lipinski definition) is 1. The summed E-state index contributed by atoms with van der Waals surface area (Å²) in [6.07, 6.45) is 1.13. The van der Waals surface area contributed by atoms with Crippen molar-refractivity contribution in [1.82, 2.24) is 9.80 Å². The molecule has 0 radical (unpaired) electrons. The van der Waals surface area contributed by atoms with Gasteiger partial charge in [-0.1, -0.05) is 29.8 Å². The van der Waals surface area contributed by atoms with Crippen molar-refractivity contribution in [1.29, 1.82) is 0 Å². The molecular weight excluding hydrogens is 246 g/mol. The fourth-order valence-corrected chi connectivity index (χ4v) is 2.94. The quantitative estimate of drug-likeness (QED) is 0.903. The third kappa shape index (κ3) is 2.69. The van der Waals surface area contributed by atoms with Crippen molar-refractivity contribution in [2.75, 3.05) is 33.7 Å². The number of likely N-dealkylation sites (tertiary alicyclic amines) is 1. The normalized spacial score (nSPS) is 24.9. The van der Waals surface area contributed by atoms with E-state index in [9.17, 15) is 0 Å². The predicted octanol–water partition coefficient (Wildman–Crippen LogP) is 1.80. The van der Waals surface area contributed by atoms with E-state index in [0.29, 0.717) is 6.54 Å². The van der Waals surface area contributed by atoms with E-state index >= 15 is 0 Å². The molecular formula is C14H22ClN3. The van der Waals surface area contributed by atoms with Crippen LogP contribution in [0, 0.1) is 0 Å². The highest BCUT2D eigenvalue weighted by Crippen LogP contribution is 2.28. The summed E-state index contributed by atoms with van der Waals surface area (Å²) in [5.41, 5.74) is 7.28. The number of nitrogens with zero attached hydrogens (tertiary/aromatic N) is 2. The monoisotopic (exact) mass is 267 g/mol. The smallest absolute Gasteiger partial charge is 0.0470 e. The maximum Gasteiger partial charge on any atom is 0.0470 e. The van der Waals surface area contributed by atoms with Gasteiger partial charge in [-0.2, -0.15) is 0 Å². The van der Waals surface area contributed by atoms with E-state index in [1.54, 1.807) is 0 Å². The summed E-state index contributed by atoms with van der Waals surface area (Å²) < 4.78 is 0. The zero-order chi connectivity index (χ0) is 13.2. The van der Waals surface area contributed by atoms with Crippen molar-refractivity contribution >= 4 is 11.6 Å². The van der Waals surface area contributed by atoms with Gasteiger partial charge in [-0.25, -0.2) is 0 Å². The Morgan fingerprint density at radius 1 is 1.44 bits per heavy atom. The van der Waals surface area contributed by atoms with Gasteiger partial charge in [0, 0.05) is 30.2 Å². The van der Waals surface area contributed by atoms with Crippen LogP contribution in [-0.4, -0.2) is 49.1 Å². The number of halogens is 1. The van der Waals surface area contributed by atoms with Gasteiger partial charge in [0.2, 0.25) is 0 Å². The first-order chi connectivity index (χ1) is 8.57. The first kappa shape index (κ1) is 13.8. The average molecular weight is 268 g/mol. The van der Waals surface area contributed by atoms with Crippen LogP contribution in [0.2, 0.25) is 5.02 Å². The third-order valence-electron chi connectivity index (χ3n) is 4.08. The molecule has 100 valence electrons. The van der Waals surface area contributed by atoms with Crippen LogP contribution in [0.25, 0.3) is 0 Å². The maximum absolute atomic E-state index is 6.22. The van der Waals surface area contributed by atoms with Gasteiger partial charge >= 0.3 is 0 Å². The van der Waals surface area contributed by atoms with Crippen LogP contribution in [0.3, 0.4) is 0 Å². The molecule has 2 rings (SSSR count). The largest absolute Gasteiger partial charge is 0.329 e. The predicted molar refractivity (Wildman–Crippen MR) is 76.8 cm³/mol. The van der Waals surface area contributed by atoms with Crippen molar-refractivity contribution in [3.63, 3.8) is 0 Å². The zero-order valence-electron chi connectivity index (χ0n) is 11.2. The molecule has 1 saturated heterocycles. The van der Waals surface area contributed by atoms with Crippen LogP contribution in [0.15, 0.2) is 24.3 Å². The molecule has 1 unspecified atom stereocenters. The van der Waals surface area contributed by atoms with Crippen LogP contribution < -0.4 is 5.73 Å². The Balaban J connectivity index is 2.11. The van der Waals surface area contributed by atoms with Gasteiger partial charge in [-0.15, -0.1) is 0 Å². The van der Waals surface area contributed by atoms with Gasteiger partial charge in [0.25, 0.3) is 0 Å². The Morgan fingerprint density at radius 2 is 2.17 bits per heavy atom. The van der Waals surface area contributed by atoms with E-state index in [2.05, 4.69) is 30.0 Å². The second-order valence-corrected chi connectivity index (χ2v) is 5.77. The topological polar surface area (TPSA) is 32.5 Å². The van der Waals surface area contributed by atoms with Crippen LogP contribution >= 0.6 is 11.6 Å². The molecule has 0 aromatic heterocycles. The number of hydrogen-bond acceptors (Lipinski definition) is 3. The summed E-state index contributed by atoms with van der Waals surface area (Å²) in [5.74, 6) is 0. The summed E-state index contributed by atoms with van der Waals surface area (Å²) in [5, 5.41) is 0.836. The van der Waals surface area contributed by atoms with Gasteiger partial charge in [0.1, 0.15) is 0 Å². The molecule has 1 aliphatic heterocycles. The second-order valence-electron chi connectivity index (χ2n) is 5.36. The van der Waals surface area contributed by atoms with E-state index in [0.717, 1.165) is 31.1 Å². The Labute approximate surface area is 115 Å². The van der Waals surface area contributed by atoms with E-state index in [1.807, 2.05) is 18.2 Å². The molecule has 1 aromatic rings. The molecule has 18 heavy (non-hydrogen) atoms. The average Bonchev–Trinajstić information content (AvgIpc) is 2.75. The highest BCUT2D eigenvalue weighted by Gasteiger charge is 2.39. The molecule has 1 heterocycles. The van der Waals surface area contributed by atoms with E-state index in [1.165, 1.54) is 5.56 Å². The summed E-state index contributed by atoms with van der Waals surface area (Å²) in [6, 6.07) is 8.03. The van der Waals surface area contributed by atoms with Crippen molar-refractivity contribution in [3.8, 4) is 0 Å². The molecule has 0 spiro atoms. The highest BCUT2D eigenvalue weighted by atomic mass is 35.5. The number of rotatable bonds is 4. The van der Waals surface area contributed by atoms with Gasteiger partial charge < -0.3 is 10.6 Å². The summed E-state index contributed by atoms with van der Waals surface area (Å²) in [6.45, 7) is 3.69. The minimum Gasteiger partial charge on any atom is -0.329 e. The fraction of sp³-hybridized carbons (Fsp3) is 0.571. The Bertz CT molecular complexity index is 410. The Hall–Kier alpha value is -0.610. The lowest BCUT2D eigenvalue weighted by Gasteiger charge is -2.38. The Morgan fingerprint density at radius 3 is 2.72 bits per heavy atom. The first-order valence-electron chi connectivity index (χ1n) is 6.41. The van der Waals surface area contributed by atoms with Gasteiger partial charge in [-0.3, -0.25) is 4.90 Å². The molecule has 0 amide bonds. The zero-order valence-corrected chi connectivity index (χ0v) is 12.0. The minimum absolute atomic E-state index is 0.0912. The second kappa shape index (κ2) is 5.57. The highest BCUT2D eigenvalue weighted by molar-refractivity contribution is 6.31. The SMILES string of the molecule is CN1CCC(CN)(N(C)Cc2ccccc2Cl)C1. The van der Waals surface area contributed by atoms with Gasteiger partial charge in [0.15, 0.2) is 0 Å². The molecule has 3 nitrogen and oxygen atoms in total. The van der Waals surface area contributed by atoms with Crippen molar-refractivity contribution in [2.24, 2.45) is 5.73 Å². The van der Waals surface area contributed by atoms with Crippen molar-refractivity contribution < 1.29 is 0 Å². The fourth-order valence-electron chi connectivity index (χ4n) is 2.74. The molecule has 0 bridgehead atoms. The molecule has 1 fully saturated rings. The lowest BCUT2D eigenvalue weighted by Crippen LogP contribution is -2.53. The van der Waals surface area contributed by atoms with Crippen molar-refractivity contribution in [2.45, 2.75) is 18.5 Å². The molecule has 1 aromatic carbocycles. The van der Waals surface area contributed by atoms with Gasteiger partial charge in [-0.05, 0) is 38.7 Å². The van der Waals surface area contributed by atoms with Crippen molar-refractivity contribution in [3.05, 3.63) is 34.9 Å². The first-order valence-corrected chi connectivity index (χ1v) is 6.78. The van der Waals surface area contributed by atoms with Crippen LogP contribution in [0.1, 0.15) is 12.0 Å². The summed E-state index contributed by atoms with van der Waals surface area (Å²) >= 11 is 6.22. The molecule has 0 saturated carbocycles. The van der Waals surface area contributed by atoms with Crippen LogP contribution in [-0.2, 0) is 6.54 Å². The number of benzene rings is 1. The van der Waals surface area contributed by atoms with E-state index in [-0.39, 0.29) is 5.54 Å². The maximum atomic E-state index is 6.22. The minimum atomic E-state index is 0.0912. The standard InChI is InChI=1S/C14H22ClN3/c1-17-8-7-14(10-16,11-17)18(2)9-12-5-3-4-6-13(12)15/h3-6H,7-11,16H2,1-2H3. The molecule has 1 atom stereocenters. The Kier molecular flexibility index (Phi) is 4.28. The van der Waals surface area contributed by atoms with E-state index in [4.69, 9.17) is 17.3 Å². The number of nitrogens with two attached hydrogens (primary N) is 1. The molecule has 0 aliphatic carbocycles. The lowest BCUT2D eigenvalue weighted by atomic mass is 9.96. The lowest BCUT2D eigenvalue weighted by molar-refractivity contribution is 0.126.